The van der Waals surface area contributed by atoms with Crippen LogP contribution in [0, 0.1) is 0 Å². The highest BCUT2D eigenvalue weighted by atomic mass is 16.6. The van der Waals surface area contributed by atoms with Crippen molar-refractivity contribution in [3.05, 3.63) is 33.4 Å². The molecule has 7 atom stereocenters. The van der Waals surface area contributed by atoms with Crippen LogP contribution in [-0.2, 0) is 24.6 Å². The fourth-order valence-corrected chi connectivity index (χ4v) is 5.95. The molecule has 2 fully saturated rings. The largest absolute Gasteiger partial charge is 0.507 e. The SMILES string of the molecule is C[C@@H]1O[C@H]2CC(=O)O[C@H]2C2=C1C(=O)c1c(O)c3c(c(O)c1C2=O)[C@@H]1C[C@@H](O)[C@]3(O)[C@@H](C)O1. The van der Waals surface area contributed by atoms with E-state index in [0.29, 0.717) is 0 Å². The number of phenolic OH excluding ortho intramolecular Hbond substituents is 2. The van der Waals surface area contributed by atoms with Gasteiger partial charge in [0.05, 0.1) is 47.5 Å². The number of ketones is 2. The predicted molar refractivity (Wildman–Crippen MR) is 102 cm³/mol. The van der Waals surface area contributed by atoms with Crippen LogP contribution in [-0.4, -0.2) is 68.5 Å². The van der Waals surface area contributed by atoms with E-state index in [4.69, 9.17) is 14.2 Å². The fourth-order valence-electron chi connectivity index (χ4n) is 5.95. The average molecular weight is 444 g/mol. The van der Waals surface area contributed by atoms with Gasteiger partial charge in [-0.15, -0.1) is 0 Å². The zero-order chi connectivity index (χ0) is 22.9. The van der Waals surface area contributed by atoms with Gasteiger partial charge in [-0.3, -0.25) is 14.4 Å². The van der Waals surface area contributed by atoms with E-state index in [1.165, 1.54) is 6.92 Å². The number of ether oxygens (including phenoxy) is 3. The summed E-state index contributed by atoms with van der Waals surface area (Å²) in [5.41, 5.74) is -3.36. The first-order valence-corrected chi connectivity index (χ1v) is 10.4. The molecule has 2 aliphatic carbocycles. The molecule has 0 unspecified atom stereocenters. The predicted octanol–water partition coefficient (Wildman–Crippen LogP) is 0.288. The Morgan fingerprint density at radius 1 is 0.969 bits per heavy atom. The molecular weight excluding hydrogens is 424 g/mol. The van der Waals surface area contributed by atoms with Crippen LogP contribution >= 0.6 is 0 Å². The Balaban J connectivity index is 1.64. The Bertz CT molecular complexity index is 1170. The summed E-state index contributed by atoms with van der Waals surface area (Å²) >= 11 is 0. The Morgan fingerprint density at radius 2 is 1.62 bits per heavy atom. The smallest absolute Gasteiger partial charge is 0.309 e. The van der Waals surface area contributed by atoms with Crippen molar-refractivity contribution >= 4 is 17.5 Å². The maximum Gasteiger partial charge on any atom is 0.309 e. The van der Waals surface area contributed by atoms with Crippen LogP contribution < -0.4 is 0 Å². The average Bonchev–Trinajstić information content (AvgIpc) is 3.09. The molecule has 4 aliphatic heterocycles. The molecule has 7 rings (SSSR count). The number of aliphatic hydroxyl groups is 2. The molecule has 0 amide bonds. The number of carbonyl (C=O) groups excluding carboxylic acids is 3. The van der Waals surface area contributed by atoms with Gasteiger partial charge in [0.25, 0.3) is 0 Å². The number of benzene rings is 1. The number of esters is 1. The fraction of sp³-hybridized carbons (Fsp3) is 0.500. The monoisotopic (exact) mass is 444 g/mol. The lowest BCUT2D eigenvalue weighted by Gasteiger charge is -2.52. The minimum Gasteiger partial charge on any atom is -0.507 e. The topological polar surface area (TPSA) is 160 Å². The molecule has 6 aliphatic rings. The molecule has 0 saturated carbocycles. The summed E-state index contributed by atoms with van der Waals surface area (Å²) in [4.78, 5) is 39.0. The molecule has 1 aromatic rings. The summed E-state index contributed by atoms with van der Waals surface area (Å²) in [6, 6.07) is 0. The van der Waals surface area contributed by atoms with Gasteiger partial charge in [-0.05, 0) is 13.8 Å². The number of rotatable bonds is 0. The van der Waals surface area contributed by atoms with Crippen LogP contribution in [0.5, 0.6) is 11.5 Å². The number of aliphatic hydroxyl groups excluding tert-OH is 1. The van der Waals surface area contributed by atoms with Crippen molar-refractivity contribution in [1.82, 2.24) is 0 Å². The molecule has 4 N–H and O–H groups in total. The van der Waals surface area contributed by atoms with Crippen molar-refractivity contribution in [3.8, 4) is 11.5 Å². The molecule has 32 heavy (non-hydrogen) atoms. The summed E-state index contributed by atoms with van der Waals surface area (Å²) < 4.78 is 16.7. The molecule has 0 radical (unpaired) electrons. The van der Waals surface area contributed by atoms with Gasteiger partial charge in [-0.2, -0.15) is 0 Å². The maximum absolute atomic E-state index is 13.6. The van der Waals surface area contributed by atoms with Crippen molar-refractivity contribution in [1.29, 1.82) is 0 Å². The lowest BCUT2D eigenvalue weighted by Crippen LogP contribution is -2.58. The van der Waals surface area contributed by atoms with E-state index in [9.17, 15) is 34.8 Å². The quantitative estimate of drug-likeness (QED) is 0.323. The number of hydrogen-bond acceptors (Lipinski definition) is 10. The van der Waals surface area contributed by atoms with Gasteiger partial charge in [-0.25, -0.2) is 0 Å². The van der Waals surface area contributed by atoms with E-state index in [1.54, 1.807) is 6.92 Å². The number of hydrogen-bond donors (Lipinski definition) is 4. The first-order chi connectivity index (χ1) is 15.1. The molecule has 168 valence electrons. The highest BCUT2D eigenvalue weighted by Crippen LogP contribution is 2.59. The van der Waals surface area contributed by atoms with Crippen molar-refractivity contribution < 1.29 is 49.0 Å². The number of phenols is 2. The molecule has 10 heteroatoms. The summed E-state index contributed by atoms with van der Waals surface area (Å²) in [7, 11) is 0. The maximum atomic E-state index is 13.6. The third-order valence-corrected chi connectivity index (χ3v) is 7.41. The van der Waals surface area contributed by atoms with Gasteiger partial charge in [0.1, 0.15) is 23.2 Å². The first kappa shape index (κ1) is 19.9. The highest BCUT2D eigenvalue weighted by molar-refractivity contribution is 6.30. The molecule has 0 spiro atoms. The highest BCUT2D eigenvalue weighted by Gasteiger charge is 2.60. The Morgan fingerprint density at radius 3 is 2.31 bits per heavy atom. The van der Waals surface area contributed by atoms with Crippen molar-refractivity contribution in [2.24, 2.45) is 0 Å². The van der Waals surface area contributed by atoms with Crippen LogP contribution in [0.4, 0.5) is 0 Å². The lowest BCUT2D eigenvalue weighted by atomic mass is 9.66. The van der Waals surface area contributed by atoms with Crippen LogP contribution in [0.1, 0.15) is 64.6 Å². The van der Waals surface area contributed by atoms with Crippen molar-refractivity contribution in [2.75, 3.05) is 0 Å². The summed E-state index contributed by atoms with van der Waals surface area (Å²) in [5, 5.41) is 44.1. The summed E-state index contributed by atoms with van der Waals surface area (Å²) in [6.07, 6.45) is -5.98. The third kappa shape index (κ3) is 2.06. The second-order valence-electron chi connectivity index (χ2n) is 9.00. The lowest BCUT2D eigenvalue weighted by molar-refractivity contribution is -0.246. The molecule has 1 aromatic carbocycles. The summed E-state index contributed by atoms with van der Waals surface area (Å²) in [5.74, 6) is -3.38. The minimum atomic E-state index is -2.08. The van der Waals surface area contributed by atoms with Crippen molar-refractivity contribution in [3.63, 3.8) is 0 Å². The minimum absolute atomic E-state index is 0.0302. The zero-order valence-corrected chi connectivity index (χ0v) is 17.1. The van der Waals surface area contributed by atoms with Crippen LogP contribution in [0.3, 0.4) is 0 Å². The van der Waals surface area contributed by atoms with E-state index in [1.807, 2.05) is 0 Å². The summed E-state index contributed by atoms with van der Waals surface area (Å²) in [6.45, 7) is 3.06. The van der Waals surface area contributed by atoms with E-state index in [-0.39, 0.29) is 35.1 Å². The first-order valence-electron chi connectivity index (χ1n) is 10.4. The standard InChI is InChI=1S/C22H20O10/c1-5-11-15(21-8(30-5)4-10(24)32-21)19(27)13-14(17(11)25)20(28)16-12(18(13)26)7-3-9(23)22(16,29)6(2)31-7/h5-9,21,23,26,28-29H,3-4H2,1-2H3/t5-,6+,7-,8-,9+,21+,22+/m0/s1. The van der Waals surface area contributed by atoms with Crippen LogP contribution in [0.15, 0.2) is 11.1 Å². The Hall–Kier alpha value is -2.79. The van der Waals surface area contributed by atoms with Crippen LogP contribution in [0.2, 0.25) is 0 Å². The van der Waals surface area contributed by atoms with Gasteiger partial charge in [0, 0.05) is 23.1 Å². The number of Topliss-reactive ketones (excluding diaryl/α,β-unsaturated/α-hetero) is 2. The third-order valence-electron chi connectivity index (χ3n) is 7.41. The van der Waals surface area contributed by atoms with Gasteiger partial charge in [0.15, 0.2) is 17.7 Å². The number of aromatic hydroxyl groups is 2. The molecule has 10 nitrogen and oxygen atoms in total. The van der Waals surface area contributed by atoms with E-state index >= 15 is 0 Å². The van der Waals surface area contributed by atoms with Gasteiger partial charge in [0.2, 0.25) is 0 Å². The number of carbonyl (C=O) groups is 3. The molecule has 2 bridgehead atoms. The molecule has 4 heterocycles. The van der Waals surface area contributed by atoms with Crippen LogP contribution in [0.25, 0.3) is 0 Å². The number of fused-ring (bicyclic) bond motifs is 5. The van der Waals surface area contributed by atoms with E-state index in [2.05, 4.69) is 0 Å². The Kier molecular flexibility index (Phi) is 3.70. The normalized spacial score (nSPS) is 39.4. The van der Waals surface area contributed by atoms with Gasteiger partial charge >= 0.3 is 5.97 Å². The van der Waals surface area contributed by atoms with Gasteiger partial charge in [-0.1, -0.05) is 0 Å². The second kappa shape index (κ2) is 5.96. The second-order valence-corrected chi connectivity index (χ2v) is 9.00. The van der Waals surface area contributed by atoms with E-state index < -0.39 is 82.4 Å². The van der Waals surface area contributed by atoms with E-state index in [0.717, 1.165) is 0 Å². The van der Waals surface area contributed by atoms with Gasteiger partial charge < -0.3 is 34.6 Å². The Labute approximate surface area is 181 Å². The molecule has 0 aromatic heterocycles. The zero-order valence-electron chi connectivity index (χ0n) is 17.1. The molecule has 2 saturated heterocycles. The molecular formula is C22H20O10. The van der Waals surface area contributed by atoms with Crippen molar-refractivity contribution in [2.45, 2.75) is 68.9 Å².